The van der Waals surface area contributed by atoms with E-state index in [9.17, 15) is 9.59 Å². The summed E-state index contributed by atoms with van der Waals surface area (Å²) >= 11 is 1.15. The van der Waals surface area contributed by atoms with E-state index in [0.717, 1.165) is 36.0 Å². The third-order valence-electron chi connectivity index (χ3n) is 4.37. The SMILES string of the molecule is CC(Sc1ccccc1C(=O)Nc1ccc2oc(C3CC3)nc2c1)C(=O)O. The number of nitrogens with one attached hydrogen (secondary N) is 1. The van der Waals surface area contributed by atoms with Crippen molar-refractivity contribution in [3.05, 3.63) is 53.9 Å². The first kappa shape index (κ1) is 17.6. The minimum absolute atomic E-state index is 0.291. The van der Waals surface area contributed by atoms with Crippen LogP contribution in [0.4, 0.5) is 5.69 Å². The lowest BCUT2D eigenvalue weighted by atomic mass is 10.2. The standard InChI is InChI=1S/C20H18N2O4S/c1-11(20(24)25)27-17-5-3-2-4-14(17)18(23)21-13-8-9-16-15(10-13)22-19(26-16)12-6-7-12/h2-5,8-12H,6-7H2,1H3,(H,21,23)(H,24,25). The van der Waals surface area contributed by atoms with Crippen LogP contribution in [0.25, 0.3) is 11.1 Å². The zero-order valence-corrected chi connectivity index (χ0v) is 15.5. The molecule has 0 spiro atoms. The van der Waals surface area contributed by atoms with Crippen LogP contribution >= 0.6 is 11.8 Å². The Kier molecular flexibility index (Phi) is 4.61. The number of anilines is 1. The van der Waals surface area contributed by atoms with Crippen molar-refractivity contribution in [2.45, 2.75) is 35.8 Å². The van der Waals surface area contributed by atoms with Crippen molar-refractivity contribution in [2.24, 2.45) is 0 Å². The quantitative estimate of drug-likeness (QED) is 0.609. The van der Waals surface area contributed by atoms with Crippen molar-refractivity contribution >= 4 is 40.4 Å². The van der Waals surface area contributed by atoms with Crippen LogP contribution in [-0.2, 0) is 4.79 Å². The lowest BCUT2D eigenvalue weighted by Gasteiger charge is -2.11. The molecule has 7 heteroatoms. The van der Waals surface area contributed by atoms with Crippen molar-refractivity contribution in [1.29, 1.82) is 0 Å². The Morgan fingerprint density at radius 2 is 2.04 bits per heavy atom. The maximum atomic E-state index is 12.7. The van der Waals surface area contributed by atoms with Crippen molar-refractivity contribution in [2.75, 3.05) is 5.32 Å². The Hall–Kier alpha value is -2.80. The predicted molar refractivity (Wildman–Crippen MR) is 103 cm³/mol. The van der Waals surface area contributed by atoms with E-state index in [-0.39, 0.29) is 5.91 Å². The maximum Gasteiger partial charge on any atom is 0.316 e. The van der Waals surface area contributed by atoms with Crippen LogP contribution in [-0.4, -0.2) is 27.2 Å². The first-order chi connectivity index (χ1) is 13.0. The van der Waals surface area contributed by atoms with Crippen molar-refractivity contribution in [1.82, 2.24) is 4.98 Å². The van der Waals surface area contributed by atoms with Crippen LogP contribution in [0, 0.1) is 0 Å². The van der Waals surface area contributed by atoms with Gasteiger partial charge in [-0.25, -0.2) is 4.98 Å². The summed E-state index contributed by atoms with van der Waals surface area (Å²) in [6.45, 7) is 1.59. The lowest BCUT2D eigenvalue weighted by Crippen LogP contribution is -2.15. The van der Waals surface area contributed by atoms with Crippen LogP contribution in [0.15, 0.2) is 51.8 Å². The summed E-state index contributed by atoms with van der Waals surface area (Å²) in [6.07, 6.45) is 2.22. The summed E-state index contributed by atoms with van der Waals surface area (Å²) in [4.78, 5) is 29.0. The van der Waals surface area contributed by atoms with E-state index in [1.54, 1.807) is 49.4 Å². The molecular weight excluding hydrogens is 364 g/mol. The van der Waals surface area contributed by atoms with Crippen molar-refractivity contribution in [3.63, 3.8) is 0 Å². The van der Waals surface area contributed by atoms with Gasteiger partial charge in [-0.2, -0.15) is 0 Å². The Balaban J connectivity index is 1.55. The third kappa shape index (κ3) is 3.83. The highest BCUT2D eigenvalue weighted by Gasteiger charge is 2.29. The fourth-order valence-corrected chi connectivity index (χ4v) is 3.65. The molecule has 1 atom stereocenters. The van der Waals surface area contributed by atoms with Crippen molar-refractivity contribution < 1.29 is 19.1 Å². The van der Waals surface area contributed by atoms with E-state index < -0.39 is 11.2 Å². The minimum atomic E-state index is -0.918. The lowest BCUT2D eigenvalue weighted by molar-refractivity contribution is -0.136. The number of amides is 1. The van der Waals surface area contributed by atoms with Gasteiger partial charge in [0.1, 0.15) is 10.8 Å². The Morgan fingerprint density at radius 3 is 2.78 bits per heavy atom. The number of carbonyl (C=O) groups is 2. The van der Waals surface area contributed by atoms with Gasteiger partial charge in [-0.15, -0.1) is 11.8 Å². The van der Waals surface area contributed by atoms with Gasteiger partial charge in [-0.1, -0.05) is 12.1 Å². The number of thioether (sulfide) groups is 1. The molecule has 0 radical (unpaired) electrons. The van der Waals surface area contributed by atoms with E-state index in [1.807, 2.05) is 0 Å². The number of nitrogens with zero attached hydrogens (tertiary/aromatic N) is 1. The molecule has 0 aliphatic heterocycles. The summed E-state index contributed by atoms with van der Waals surface area (Å²) in [6, 6.07) is 12.3. The smallest absolute Gasteiger partial charge is 0.316 e. The van der Waals surface area contributed by atoms with E-state index in [1.165, 1.54) is 0 Å². The minimum Gasteiger partial charge on any atom is -0.480 e. The fourth-order valence-electron chi connectivity index (χ4n) is 2.72. The maximum absolute atomic E-state index is 12.7. The molecule has 138 valence electrons. The molecule has 0 bridgehead atoms. The topological polar surface area (TPSA) is 92.4 Å². The van der Waals surface area contributed by atoms with Gasteiger partial charge in [0.05, 0.1) is 5.56 Å². The molecule has 2 aromatic carbocycles. The molecule has 1 aliphatic rings. The van der Waals surface area contributed by atoms with Gasteiger partial charge in [0.15, 0.2) is 11.5 Å². The molecule has 1 amide bonds. The Bertz CT molecular complexity index is 1030. The summed E-state index contributed by atoms with van der Waals surface area (Å²) in [5.41, 5.74) is 2.49. The van der Waals surface area contributed by atoms with Crippen molar-refractivity contribution in [3.8, 4) is 0 Å². The van der Waals surface area contributed by atoms with Crippen LogP contribution in [0.5, 0.6) is 0 Å². The number of rotatable bonds is 6. The number of carboxylic acids is 1. The molecule has 1 heterocycles. The van der Waals surface area contributed by atoms with Crippen LogP contribution in [0.2, 0.25) is 0 Å². The Labute approximate surface area is 160 Å². The molecule has 27 heavy (non-hydrogen) atoms. The monoisotopic (exact) mass is 382 g/mol. The van der Waals surface area contributed by atoms with Gasteiger partial charge in [-0.05, 0) is 50.1 Å². The molecule has 2 N–H and O–H groups in total. The van der Waals surface area contributed by atoms with Crippen LogP contribution in [0.1, 0.15) is 41.9 Å². The highest BCUT2D eigenvalue weighted by Crippen LogP contribution is 2.40. The highest BCUT2D eigenvalue weighted by molar-refractivity contribution is 8.00. The molecule has 1 saturated carbocycles. The average Bonchev–Trinajstić information content (AvgIpc) is 3.41. The Morgan fingerprint density at radius 1 is 1.26 bits per heavy atom. The van der Waals surface area contributed by atoms with Gasteiger partial charge in [0, 0.05) is 16.5 Å². The number of hydrogen-bond acceptors (Lipinski definition) is 5. The van der Waals surface area contributed by atoms with Gasteiger partial charge in [-0.3, -0.25) is 9.59 Å². The fraction of sp³-hybridized carbons (Fsp3) is 0.250. The largest absolute Gasteiger partial charge is 0.480 e. The van der Waals surface area contributed by atoms with Crippen LogP contribution in [0.3, 0.4) is 0 Å². The molecule has 1 aliphatic carbocycles. The van der Waals surface area contributed by atoms with Gasteiger partial charge in [0.25, 0.3) is 5.91 Å². The third-order valence-corrected chi connectivity index (χ3v) is 5.54. The van der Waals surface area contributed by atoms with Gasteiger partial charge in [0.2, 0.25) is 0 Å². The molecule has 1 aromatic heterocycles. The van der Waals surface area contributed by atoms with Crippen LogP contribution < -0.4 is 5.32 Å². The molecule has 6 nitrogen and oxygen atoms in total. The number of hydrogen-bond donors (Lipinski definition) is 2. The van der Waals surface area contributed by atoms with Gasteiger partial charge >= 0.3 is 5.97 Å². The van der Waals surface area contributed by atoms with E-state index in [4.69, 9.17) is 9.52 Å². The number of benzene rings is 2. The summed E-state index contributed by atoms with van der Waals surface area (Å²) in [7, 11) is 0. The number of aliphatic carboxylic acids is 1. The molecule has 4 rings (SSSR count). The molecule has 1 fully saturated rings. The second-order valence-electron chi connectivity index (χ2n) is 6.56. The van der Waals surface area contributed by atoms with E-state index in [2.05, 4.69) is 10.3 Å². The first-order valence-electron chi connectivity index (χ1n) is 8.71. The number of fused-ring (bicyclic) bond motifs is 1. The van der Waals surface area contributed by atoms with E-state index >= 15 is 0 Å². The normalized spacial score (nSPS) is 14.9. The zero-order valence-electron chi connectivity index (χ0n) is 14.6. The predicted octanol–water partition coefficient (Wildman–Crippen LogP) is 4.52. The summed E-state index contributed by atoms with van der Waals surface area (Å²) in [5.74, 6) is -0.0208. The molecule has 3 aromatic rings. The number of carboxylic acid groups (broad SMARTS) is 1. The van der Waals surface area contributed by atoms with Gasteiger partial charge < -0.3 is 14.8 Å². The number of oxazole rings is 1. The molecule has 1 unspecified atom stereocenters. The number of aromatic nitrogens is 1. The first-order valence-corrected chi connectivity index (χ1v) is 9.59. The van der Waals surface area contributed by atoms with E-state index in [0.29, 0.717) is 27.6 Å². The average molecular weight is 382 g/mol. The summed E-state index contributed by atoms with van der Waals surface area (Å²) in [5, 5.41) is 11.3. The molecule has 0 saturated heterocycles. The summed E-state index contributed by atoms with van der Waals surface area (Å²) < 4.78 is 5.74. The molecular formula is C20H18N2O4S. The number of carbonyl (C=O) groups excluding carboxylic acids is 1. The highest BCUT2D eigenvalue weighted by atomic mass is 32.2. The zero-order chi connectivity index (χ0) is 19.0. The second kappa shape index (κ2) is 7.08. The second-order valence-corrected chi connectivity index (χ2v) is 7.94.